The van der Waals surface area contributed by atoms with Gasteiger partial charge in [-0.15, -0.1) is 29.9 Å². The minimum atomic E-state index is -4.76. The summed E-state index contributed by atoms with van der Waals surface area (Å²) in [5.41, 5.74) is 8.45. The van der Waals surface area contributed by atoms with E-state index in [1.807, 2.05) is 11.8 Å². The van der Waals surface area contributed by atoms with Crippen LogP contribution in [0.2, 0.25) is 0 Å². The predicted octanol–water partition coefficient (Wildman–Crippen LogP) is 7.36. The smallest absolute Gasteiger partial charge is 0.406 e. The summed E-state index contributed by atoms with van der Waals surface area (Å²) < 4.78 is 42.2. The van der Waals surface area contributed by atoms with Gasteiger partial charge in [0.1, 0.15) is 16.8 Å². The molecule has 44 heavy (non-hydrogen) atoms. The van der Waals surface area contributed by atoms with Gasteiger partial charge < -0.3 is 4.74 Å². The van der Waals surface area contributed by atoms with Crippen LogP contribution in [0.15, 0.2) is 94.9 Å². The van der Waals surface area contributed by atoms with Gasteiger partial charge in [0.05, 0.1) is 23.3 Å². The van der Waals surface area contributed by atoms with Crippen molar-refractivity contribution in [3.63, 3.8) is 0 Å². The molecule has 1 fully saturated rings. The monoisotopic (exact) mass is 637 g/mol. The molecule has 0 spiro atoms. The van der Waals surface area contributed by atoms with Gasteiger partial charge in [0.2, 0.25) is 0 Å². The van der Waals surface area contributed by atoms with Crippen molar-refractivity contribution in [2.75, 3.05) is 4.90 Å². The number of fused-ring (bicyclic) bond motifs is 3. The van der Waals surface area contributed by atoms with Crippen LogP contribution in [0.3, 0.4) is 0 Å². The highest BCUT2D eigenvalue weighted by molar-refractivity contribution is 8.16. The lowest BCUT2D eigenvalue weighted by Crippen LogP contribution is -2.29. The van der Waals surface area contributed by atoms with Crippen molar-refractivity contribution in [2.24, 2.45) is 10.1 Å². The second-order valence-corrected chi connectivity index (χ2v) is 11.7. The molecule has 1 saturated heterocycles. The average Bonchev–Trinajstić information content (AvgIpc) is 3.58. The molecule has 224 valence electrons. The Kier molecular flexibility index (Phi) is 7.91. The number of halogens is 4. The molecular formula is C30H23ClF3N7O2S. The number of aromatic nitrogens is 3. The van der Waals surface area contributed by atoms with E-state index in [9.17, 15) is 18.0 Å². The number of alkyl halides is 4. The third-order valence-electron chi connectivity index (χ3n) is 6.80. The van der Waals surface area contributed by atoms with Gasteiger partial charge in [0.15, 0.2) is 11.0 Å². The van der Waals surface area contributed by atoms with Crippen molar-refractivity contribution in [3.8, 4) is 22.8 Å². The molecule has 2 unspecified atom stereocenters. The second kappa shape index (κ2) is 11.8. The van der Waals surface area contributed by atoms with E-state index < -0.39 is 12.4 Å². The molecule has 0 aliphatic carbocycles. The summed E-state index contributed by atoms with van der Waals surface area (Å²) in [7, 11) is 0. The topological polar surface area (TPSA) is 97.0 Å². The van der Waals surface area contributed by atoms with E-state index in [1.54, 1.807) is 24.3 Å². The van der Waals surface area contributed by atoms with Crippen LogP contribution in [0.5, 0.6) is 5.75 Å². The summed E-state index contributed by atoms with van der Waals surface area (Å²) >= 11 is 7.90. The highest BCUT2D eigenvalue weighted by Gasteiger charge is 2.39. The molecule has 6 rings (SSSR count). The number of hydrogen-bond acceptors (Lipinski definition) is 6. The number of allylic oxidation sites excluding steroid dienone is 1. The number of amidine groups is 1. The van der Waals surface area contributed by atoms with E-state index in [4.69, 9.17) is 11.6 Å². The zero-order valence-corrected chi connectivity index (χ0v) is 24.7. The maximum Gasteiger partial charge on any atom is 0.573 e. The summed E-state index contributed by atoms with van der Waals surface area (Å²) in [6.07, 6.45) is 0.276. The first-order chi connectivity index (χ1) is 21.0. The van der Waals surface area contributed by atoms with Crippen molar-refractivity contribution >= 4 is 46.5 Å². The third-order valence-corrected chi connectivity index (χ3v) is 8.22. The molecule has 2 aliphatic rings. The molecule has 2 amide bonds. The lowest BCUT2D eigenvalue weighted by atomic mass is 9.93. The molecule has 0 saturated carbocycles. The fourth-order valence-electron chi connectivity index (χ4n) is 4.78. The van der Waals surface area contributed by atoms with E-state index in [0.29, 0.717) is 27.8 Å². The highest BCUT2D eigenvalue weighted by atomic mass is 35.5. The average molecular weight is 638 g/mol. The number of amides is 2. The van der Waals surface area contributed by atoms with Crippen LogP contribution in [0, 0.1) is 6.92 Å². The van der Waals surface area contributed by atoms with Gasteiger partial charge in [-0.1, -0.05) is 61.2 Å². The van der Waals surface area contributed by atoms with Gasteiger partial charge in [-0.05, 0) is 53.9 Å². The first-order valence-electron chi connectivity index (χ1n) is 13.3. The van der Waals surface area contributed by atoms with Gasteiger partial charge in [0.25, 0.3) is 0 Å². The summed E-state index contributed by atoms with van der Waals surface area (Å²) in [6, 6.07) is 18.0. The Morgan fingerprint density at radius 2 is 1.86 bits per heavy atom. The lowest BCUT2D eigenvalue weighted by Gasteiger charge is -2.30. The van der Waals surface area contributed by atoms with E-state index in [0.717, 1.165) is 22.5 Å². The fourth-order valence-corrected chi connectivity index (χ4v) is 6.12. The van der Waals surface area contributed by atoms with E-state index in [1.165, 1.54) is 53.3 Å². The van der Waals surface area contributed by atoms with E-state index >= 15 is 0 Å². The van der Waals surface area contributed by atoms with Crippen LogP contribution < -0.4 is 15.1 Å². The lowest BCUT2D eigenvalue weighted by molar-refractivity contribution is -0.274. The Labute approximate surface area is 259 Å². The predicted molar refractivity (Wildman–Crippen MR) is 164 cm³/mol. The number of urea groups is 1. The SMILES string of the molecule is Cc1ccc2c(c1)N1C(=CC2C)C(Cl)SC1=NC(=O)N/N=C/c1ccc(-c2ncn(-c3ccc(OC(F)(F)F)cc3)n2)cc1. The van der Waals surface area contributed by atoms with Gasteiger partial charge in [0, 0.05) is 11.5 Å². The summed E-state index contributed by atoms with van der Waals surface area (Å²) in [5, 5.41) is 8.90. The van der Waals surface area contributed by atoms with Gasteiger partial charge >= 0.3 is 12.4 Å². The van der Waals surface area contributed by atoms with Crippen LogP contribution >= 0.6 is 23.4 Å². The minimum absolute atomic E-state index is 0.192. The minimum Gasteiger partial charge on any atom is -0.406 e. The van der Waals surface area contributed by atoms with Gasteiger partial charge in [-0.25, -0.2) is 19.9 Å². The molecule has 14 heteroatoms. The Balaban J connectivity index is 1.09. The summed E-state index contributed by atoms with van der Waals surface area (Å²) in [6.45, 7) is 4.13. The van der Waals surface area contributed by atoms with Crippen LogP contribution in [-0.4, -0.2) is 43.2 Å². The normalized spacial score (nSPS) is 18.7. The first kappa shape index (κ1) is 29.5. The number of anilines is 1. The van der Waals surface area contributed by atoms with Crippen LogP contribution in [0.4, 0.5) is 23.7 Å². The maximum absolute atomic E-state index is 12.7. The van der Waals surface area contributed by atoms with Gasteiger partial charge in [-0.3, -0.25) is 4.90 Å². The quantitative estimate of drug-likeness (QED) is 0.140. The summed E-state index contributed by atoms with van der Waals surface area (Å²) in [4.78, 5) is 23.1. The Morgan fingerprint density at radius 1 is 1.11 bits per heavy atom. The Hall–Kier alpha value is -4.62. The number of thioether (sulfide) groups is 1. The fraction of sp³-hybridized carbons (Fsp3) is 0.167. The number of carbonyl (C=O) groups is 1. The van der Waals surface area contributed by atoms with E-state index in [-0.39, 0.29) is 16.4 Å². The standard InChI is InChI=1S/C30H23ClF3N7O2S/c1-17-3-12-23-18(2)14-25-26(31)44-29(41(25)24(23)13-17)37-28(42)38-36-15-19-4-6-20(7-5-19)27-35-16-40(39-27)21-8-10-22(11-9-21)43-30(32,33)34/h3-16,18,26H,1-2H3,(H,38,42)/b36-15+,37-29?. The van der Waals surface area contributed by atoms with Crippen molar-refractivity contribution in [1.82, 2.24) is 20.2 Å². The number of aliphatic imine (C=N–C) groups is 1. The molecule has 0 radical (unpaired) electrons. The number of hydrogen-bond donors (Lipinski definition) is 1. The third kappa shape index (κ3) is 6.33. The number of aryl methyl sites for hydroxylation is 1. The highest BCUT2D eigenvalue weighted by Crippen LogP contribution is 2.47. The molecule has 0 bridgehead atoms. The van der Waals surface area contributed by atoms with Crippen LogP contribution in [0.25, 0.3) is 17.1 Å². The molecule has 2 aliphatic heterocycles. The van der Waals surface area contributed by atoms with Crippen LogP contribution in [-0.2, 0) is 0 Å². The Morgan fingerprint density at radius 3 is 2.59 bits per heavy atom. The molecule has 2 atom stereocenters. The van der Waals surface area contributed by atoms with Crippen molar-refractivity contribution in [1.29, 1.82) is 0 Å². The Bertz CT molecular complexity index is 1800. The molecule has 9 nitrogen and oxygen atoms in total. The first-order valence-corrected chi connectivity index (χ1v) is 14.6. The molecule has 1 aromatic heterocycles. The van der Waals surface area contributed by atoms with E-state index in [2.05, 4.69) is 61.5 Å². The molecule has 4 aromatic rings. The molecule has 3 heterocycles. The summed E-state index contributed by atoms with van der Waals surface area (Å²) in [5.74, 6) is 0.279. The number of ether oxygens (including phenoxy) is 1. The number of nitrogens with one attached hydrogen (secondary N) is 1. The number of nitrogens with zero attached hydrogens (tertiary/aromatic N) is 6. The zero-order valence-electron chi connectivity index (χ0n) is 23.2. The molecule has 1 N–H and O–H groups in total. The molecule has 3 aromatic carbocycles. The number of carbonyl (C=O) groups excluding carboxylic acids is 1. The zero-order chi connectivity index (χ0) is 31.0. The van der Waals surface area contributed by atoms with Crippen LogP contribution in [0.1, 0.15) is 29.5 Å². The number of rotatable bonds is 5. The van der Waals surface area contributed by atoms with Crippen molar-refractivity contribution < 1.29 is 22.7 Å². The second-order valence-electron chi connectivity index (χ2n) is 9.96. The van der Waals surface area contributed by atoms with Crippen molar-refractivity contribution in [3.05, 3.63) is 102 Å². The van der Waals surface area contributed by atoms with Gasteiger partial charge in [-0.2, -0.15) is 10.1 Å². The number of hydrazone groups is 1. The van der Waals surface area contributed by atoms with Crippen molar-refractivity contribution in [2.45, 2.75) is 30.8 Å². The molecular weight excluding hydrogens is 615 g/mol. The maximum atomic E-state index is 12.7. The largest absolute Gasteiger partial charge is 0.573 e. The number of benzene rings is 3.